The van der Waals surface area contributed by atoms with Crippen molar-refractivity contribution in [3.05, 3.63) is 66.2 Å². The van der Waals surface area contributed by atoms with E-state index in [1.54, 1.807) is 6.21 Å². The molecular formula is C19H20N4O. The molecule has 0 saturated heterocycles. The summed E-state index contributed by atoms with van der Waals surface area (Å²) in [4.78, 5) is 6.51. The van der Waals surface area contributed by atoms with Crippen molar-refractivity contribution in [2.24, 2.45) is 5.10 Å². The van der Waals surface area contributed by atoms with Crippen molar-refractivity contribution in [3.63, 3.8) is 0 Å². The van der Waals surface area contributed by atoms with Crippen molar-refractivity contribution in [1.82, 2.24) is 4.98 Å². The first-order valence-electron chi connectivity index (χ1n) is 7.83. The van der Waals surface area contributed by atoms with Crippen LogP contribution in [0.15, 0.2) is 65.8 Å². The minimum absolute atomic E-state index is 0.141. The van der Waals surface area contributed by atoms with Gasteiger partial charge in [-0.15, -0.1) is 0 Å². The van der Waals surface area contributed by atoms with Crippen LogP contribution >= 0.6 is 0 Å². The maximum Gasteiger partial charge on any atom is 0.146 e. The van der Waals surface area contributed by atoms with Crippen molar-refractivity contribution in [2.75, 3.05) is 30.5 Å². The first kappa shape index (κ1) is 16.0. The molecule has 1 aromatic heterocycles. The van der Waals surface area contributed by atoms with Gasteiger partial charge in [-0.25, -0.2) is 4.98 Å². The van der Waals surface area contributed by atoms with Gasteiger partial charge >= 0.3 is 0 Å². The Balaban J connectivity index is 1.64. The Morgan fingerprint density at radius 1 is 1.08 bits per heavy atom. The van der Waals surface area contributed by atoms with Gasteiger partial charge in [0.15, 0.2) is 0 Å². The van der Waals surface area contributed by atoms with Crippen LogP contribution in [0.25, 0.3) is 10.9 Å². The summed E-state index contributed by atoms with van der Waals surface area (Å²) in [6.45, 7) is 0.755. The molecule has 0 aliphatic rings. The summed E-state index contributed by atoms with van der Waals surface area (Å²) in [5, 5.41) is 14.3. The number of likely N-dealkylation sites (N-methyl/N-ethyl adjacent to an activating group) is 1. The molecule has 2 aromatic carbocycles. The third kappa shape index (κ3) is 3.88. The largest absolute Gasteiger partial charge is 0.395 e. The fraction of sp³-hybridized carbons (Fsp3) is 0.158. The summed E-state index contributed by atoms with van der Waals surface area (Å²) in [6.07, 6.45) is 1.76. The van der Waals surface area contributed by atoms with Gasteiger partial charge in [0.05, 0.1) is 18.3 Å². The first-order chi connectivity index (χ1) is 11.8. The number of aliphatic hydroxyl groups excluding tert-OH is 1. The molecule has 0 amide bonds. The van der Waals surface area contributed by atoms with Crippen LogP contribution in [0, 0.1) is 0 Å². The number of rotatable bonds is 6. The van der Waals surface area contributed by atoms with E-state index in [0.29, 0.717) is 12.4 Å². The number of nitrogens with one attached hydrogen (secondary N) is 1. The molecule has 2 N–H and O–H groups in total. The van der Waals surface area contributed by atoms with Gasteiger partial charge in [0.25, 0.3) is 0 Å². The number of aromatic nitrogens is 1. The Hall–Kier alpha value is -2.92. The fourth-order valence-electron chi connectivity index (χ4n) is 2.40. The highest BCUT2D eigenvalue weighted by molar-refractivity contribution is 5.82. The molecule has 0 spiro atoms. The van der Waals surface area contributed by atoms with E-state index in [1.165, 1.54) is 0 Å². The van der Waals surface area contributed by atoms with E-state index in [1.807, 2.05) is 72.6 Å². The summed E-state index contributed by atoms with van der Waals surface area (Å²) < 4.78 is 0. The molecule has 5 heteroatoms. The molecule has 1 heterocycles. The molecule has 0 fully saturated rings. The van der Waals surface area contributed by atoms with Crippen molar-refractivity contribution < 1.29 is 5.11 Å². The first-order valence-corrected chi connectivity index (χ1v) is 7.83. The molecule has 0 aliphatic carbocycles. The molecule has 0 atom stereocenters. The lowest BCUT2D eigenvalue weighted by molar-refractivity contribution is 0.304. The lowest BCUT2D eigenvalue weighted by Gasteiger charge is -2.17. The highest BCUT2D eigenvalue weighted by Gasteiger charge is 1.99. The van der Waals surface area contributed by atoms with Gasteiger partial charge in [-0.3, -0.25) is 5.43 Å². The maximum atomic E-state index is 8.97. The molecule has 3 aromatic rings. The number of para-hydroxylation sites is 1. The number of hydrogen-bond acceptors (Lipinski definition) is 5. The summed E-state index contributed by atoms with van der Waals surface area (Å²) >= 11 is 0. The van der Waals surface area contributed by atoms with E-state index >= 15 is 0 Å². The predicted molar refractivity (Wildman–Crippen MR) is 99.8 cm³/mol. The van der Waals surface area contributed by atoms with E-state index in [9.17, 15) is 0 Å². The van der Waals surface area contributed by atoms with Gasteiger partial charge < -0.3 is 10.0 Å². The number of benzene rings is 2. The minimum atomic E-state index is 0.141. The number of aliphatic hydroxyl groups is 1. The van der Waals surface area contributed by atoms with Crippen LogP contribution in [0.2, 0.25) is 0 Å². The maximum absolute atomic E-state index is 8.97. The van der Waals surface area contributed by atoms with Crippen LogP contribution in [-0.2, 0) is 0 Å². The fourth-order valence-corrected chi connectivity index (χ4v) is 2.40. The SMILES string of the molecule is CN(CCO)c1ccc(/C=N\Nc2ccc3ccccc3n2)cc1. The van der Waals surface area contributed by atoms with Crippen molar-refractivity contribution in [1.29, 1.82) is 0 Å². The second-order valence-corrected chi connectivity index (χ2v) is 5.50. The molecule has 122 valence electrons. The zero-order valence-electron chi connectivity index (χ0n) is 13.6. The molecule has 3 rings (SSSR count). The van der Waals surface area contributed by atoms with Crippen LogP contribution in [0.1, 0.15) is 5.56 Å². The Labute approximate surface area is 141 Å². The van der Waals surface area contributed by atoms with Crippen molar-refractivity contribution in [2.45, 2.75) is 0 Å². The number of nitrogens with zero attached hydrogens (tertiary/aromatic N) is 3. The standard InChI is InChI=1S/C19H20N4O/c1-23(12-13-24)17-9-6-15(7-10-17)14-20-22-19-11-8-16-4-2-3-5-18(16)21-19/h2-11,14,24H,12-13H2,1H3,(H,21,22)/b20-14-. The van der Waals surface area contributed by atoms with Gasteiger partial charge in [-0.2, -0.15) is 5.10 Å². The number of anilines is 2. The van der Waals surface area contributed by atoms with Crippen molar-refractivity contribution in [3.8, 4) is 0 Å². The number of hydrazone groups is 1. The van der Waals surface area contributed by atoms with Gasteiger partial charge in [0.2, 0.25) is 0 Å². The summed E-state index contributed by atoms with van der Waals surface area (Å²) in [6, 6.07) is 19.9. The lowest BCUT2D eigenvalue weighted by Crippen LogP contribution is -2.20. The van der Waals surface area contributed by atoms with Gasteiger partial charge in [0, 0.05) is 24.7 Å². The summed E-state index contributed by atoms with van der Waals surface area (Å²) in [5.41, 5.74) is 5.95. The zero-order valence-corrected chi connectivity index (χ0v) is 13.6. The monoisotopic (exact) mass is 320 g/mol. The average Bonchev–Trinajstić information content (AvgIpc) is 2.62. The molecule has 0 unspecified atom stereocenters. The van der Waals surface area contributed by atoms with E-state index < -0.39 is 0 Å². The van der Waals surface area contributed by atoms with E-state index in [0.717, 1.165) is 22.2 Å². The van der Waals surface area contributed by atoms with Gasteiger partial charge in [0.1, 0.15) is 5.82 Å². The molecule has 5 nitrogen and oxygen atoms in total. The topological polar surface area (TPSA) is 60.8 Å². The molecule has 0 saturated carbocycles. The summed E-state index contributed by atoms with van der Waals surface area (Å²) in [7, 11) is 1.95. The zero-order chi connectivity index (χ0) is 16.8. The van der Waals surface area contributed by atoms with E-state index in [-0.39, 0.29) is 6.61 Å². The van der Waals surface area contributed by atoms with Crippen LogP contribution in [0.3, 0.4) is 0 Å². The summed E-state index contributed by atoms with van der Waals surface area (Å²) in [5.74, 6) is 0.712. The highest BCUT2D eigenvalue weighted by atomic mass is 16.3. The average molecular weight is 320 g/mol. The number of fused-ring (bicyclic) bond motifs is 1. The molecule has 0 radical (unpaired) electrons. The molecule has 24 heavy (non-hydrogen) atoms. The lowest BCUT2D eigenvalue weighted by atomic mass is 10.2. The van der Waals surface area contributed by atoms with E-state index in [2.05, 4.69) is 15.5 Å². The normalized spacial score (nSPS) is 11.1. The Bertz CT molecular complexity index is 830. The van der Waals surface area contributed by atoms with Gasteiger partial charge in [-0.1, -0.05) is 30.3 Å². The van der Waals surface area contributed by atoms with Crippen LogP contribution in [0.4, 0.5) is 11.5 Å². The van der Waals surface area contributed by atoms with Crippen LogP contribution < -0.4 is 10.3 Å². The smallest absolute Gasteiger partial charge is 0.146 e. The predicted octanol–water partition coefficient (Wildman–Crippen LogP) is 3.11. The Kier molecular flexibility index (Phi) is 5.03. The Morgan fingerprint density at radius 2 is 1.88 bits per heavy atom. The molecule has 0 aliphatic heterocycles. The second-order valence-electron chi connectivity index (χ2n) is 5.50. The highest BCUT2D eigenvalue weighted by Crippen LogP contribution is 2.15. The number of pyridine rings is 1. The Morgan fingerprint density at radius 3 is 2.67 bits per heavy atom. The third-order valence-corrected chi connectivity index (χ3v) is 3.76. The molecule has 0 bridgehead atoms. The van der Waals surface area contributed by atoms with E-state index in [4.69, 9.17) is 5.11 Å². The van der Waals surface area contributed by atoms with Crippen LogP contribution in [-0.4, -0.2) is 36.5 Å². The van der Waals surface area contributed by atoms with Gasteiger partial charge in [-0.05, 0) is 35.9 Å². The number of hydrogen-bond donors (Lipinski definition) is 2. The van der Waals surface area contributed by atoms with Crippen molar-refractivity contribution >= 4 is 28.6 Å². The quantitative estimate of drug-likeness (QED) is 0.541. The molecular weight excluding hydrogens is 300 g/mol. The third-order valence-electron chi connectivity index (χ3n) is 3.76. The minimum Gasteiger partial charge on any atom is -0.395 e. The van der Waals surface area contributed by atoms with Crippen LogP contribution in [0.5, 0.6) is 0 Å². The second kappa shape index (κ2) is 7.57.